The molecule has 0 amide bonds. The Kier molecular flexibility index (Phi) is 9.28. The number of carboxylic acid groups (broad SMARTS) is 1. The van der Waals surface area contributed by atoms with Gasteiger partial charge in [0.1, 0.15) is 0 Å². The highest BCUT2D eigenvalue weighted by Crippen LogP contribution is 2.36. The molecule has 0 aromatic heterocycles. The number of hydrogen-bond donors (Lipinski definition) is 3. The van der Waals surface area contributed by atoms with Crippen LogP contribution in [0.4, 0.5) is 18.9 Å². The lowest BCUT2D eigenvalue weighted by Gasteiger charge is -2.34. The van der Waals surface area contributed by atoms with Crippen LogP contribution in [-0.2, 0) is 22.6 Å². The van der Waals surface area contributed by atoms with Crippen molar-refractivity contribution in [2.24, 2.45) is 0 Å². The monoisotopic (exact) mass is 589 g/mol. The fourth-order valence-electron chi connectivity index (χ4n) is 4.97. The Hall–Kier alpha value is -2.57. The van der Waals surface area contributed by atoms with Gasteiger partial charge in [0.05, 0.1) is 23.6 Å². The van der Waals surface area contributed by atoms with Crippen molar-refractivity contribution in [3.63, 3.8) is 0 Å². The third-order valence-electron chi connectivity index (χ3n) is 6.90. The van der Waals surface area contributed by atoms with Gasteiger partial charge in [0.15, 0.2) is 5.75 Å². The number of hydrogen-bond acceptors (Lipinski definition) is 7. The van der Waals surface area contributed by atoms with Crippen LogP contribution in [0.3, 0.4) is 0 Å². The average molecular weight is 590 g/mol. The van der Waals surface area contributed by atoms with Gasteiger partial charge in [-0.3, -0.25) is 9.69 Å². The summed E-state index contributed by atoms with van der Waals surface area (Å²) in [5.41, 5.74) is 1.63. The van der Waals surface area contributed by atoms with E-state index in [1.165, 1.54) is 11.6 Å². The molecule has 0 radical (unpaired) electrons. The first-order chi connectivity index (χ1) is 18.4. The highest BCUT2D eigenvalue weighted by molar-refractivity contribution is 6.32. The number of ether oxygens (including phenoxy) is 1. The highest BCUT2D eigenvalue weighted by atomic mass is 35.5. The number of nitrogens with one attached hydrogen (secondary N) is 1. The molecule has 0 bridgehead atoms. The number of aliphatic hydroxyl groups excluding tert-OH is 1. The van der Waals surface area contributed by atoms with E-state index in [2.05, 4.69) is 15.0 Å². The predicted molar refractivity (Wildman–Crippen MR) is 139 cm³/mol. The molecular weight excluding hydrogens is 562 g/mol. The molecule has 39 heavy (non-hydrogen) atoms. The van der Waals surface area contributed by atoms with E-state index in [0.717, 1.165) is 38.5 Å². The van der Waals surface area contributed by atoms with Crippen LogP contribution in [0.15, 0.2) is 36.4 Å². The maximum Gasteiger partial charge on any atom is 0.491 e. The van der Waals surface area contributed by atoms with Gasteiger partial charge in [-0.2, -0.15) is 13.2 Å². The molecule has 2 atom stereocenters. The molecule has 13 heteroatoms. The van der Waals surface area contributed by atoms with Gasteiger partial charge < -0.3 is 25.2 Å². The number of β-amino-alcohol motifs (C(OH)–C–C–N with tert-alkyl or cyclic N) is 1. The second-order valence-electron chi connectivity index (χ2n) is 9.79. The zero-order valence-corrected chi connectivity index (χ0v) is 22.3. The molecule has 0 spiro atoms. The van der Waals surface area contributed by atoms with Crippen molar-refractivity contribution in [2.75, 3.05) is 31.1 Å². The van der Waals surface area contributed by atoms with Crippen molar-refractivity contribution in [1.29, 1.82) is 0 Å². The van der Waals surface area contributed by atoms with Gasteiger partial charge in [0, 0.05) is 42.5 Å². The topological polar surface area (TPSA) is 102 Å². The molecule has 2 aliphatic rings. The number of likely N-dealkylation sites (tertiary alicyclic amines) is 1. The van der Waals surface area contributed by atoms with E-state index >= 15 is 0 Å². The summed E-state index contributed by atoms with van der Waals surface area (Å²) < 4.78 is 42.7. The number of nitrogens with zero attached hydrogens (tertiary/aromatic N) is 2. The molecular formula is C26H28Cl2F3N3O5. The number of carbonyl (C=O) groups excluding carboxylic acids is 1. The summed E-state index contributed by atoms with van der Waals surface area (Å²) >= 11 is 12.0. The molecule has 2 aromatic rings. The van der Waals surface area contributed by atoms with Gasteiger partial charge in [-0.1, -0.05) is 35.3 Å². The van der Waals surface area contributed by atoms with Crippen molar-refractivity contribution in [3.05, 3.63) is 57.6 Å². The molecule has 4 rings (SSSR count). The Bertz CT molecular complexity index is 1190. The van der Waals surface area contributed by atoms with Crippen molar-refractivity contribution < 1.29 is 37.7 Å². The maximum absolute atomic E-state index is 12.7. The molecule has 3 N–H and O–H groups in total. The summed E-state index contributed by atoms with van der Waals surface area (Å²) in [7, 11) is 0. The maximum atomic E-state index is 12.7. The van der Waals surface area contributed by atoms with Gasteiger partial charge in [-0.05, 0) is 55.3 Å². The minimum absolute atomic E-state index is 0.105. The van der Waals surface area contributed by atoms with Crippen molar-refractivity contribution >= 4 is 40.8 Å². The fourth-order valence-corrected chi connectivity index (χ4v) is 5.33. The molecule has 0 saturated carbocycles. The van der Waals surface area contributed by atoms with E-state index in [1.807, 2.05) is 24.3 Å². The number of halogens is 5. The minimum Gasteiger partial charge on any atom is -0.481 e. The fraction of sp³-hybridized carbons (Fsp3) is 0.462. The smallest absolute Gasteiger partial charge is 0.481 e. The number of aliphatic carboxylic acids is 1. The van der Waals surface area contributed by atoms with Crippen LogP contribution in [0.1, 0.15) is 24.0 Å². The zero-order chi connectivity index (χ0) is 28.3. The summed E-state index contributed by atoms with van der Waals surface area (Å²) in [5.74, 6) is -4.15. The van der Waals surface area contributed by atoms with Crippen molar-refractivity contribution in [2.45, 2.75) is 50.2 Å². The first kappa shape index (κ1) is 29.4. The van der Waals surface area contributed by atoms with Gasteiger partial charge in [0.2, 0.25) is 0 Å². The number of alkyl halides is 3. The summed E-state index contributed by atoms with van der Waals surface area (Å²) in [6.45, 7) is 2.91. The van der Waals surface area contributed by atoms with Gasteiger partial charge in [-0.15, -0.1) is 0 Å². The van der Waals surface area contributed by atoms with E-state index in [9.17, 15) is 33.0 Å². The number of anilines is 1. The van der Waals surface area contributed by atoms with E-state index < -0.39 is 36.4 Å². The largest absolute Gasteiger partial charge is 0.491 e. The van der Waals surface area contributed by atoms with Crippen molar-refractivity contribution in [3.8, 4) is 5.75 Å². The van der Waals surface area contributed by atoms with Crippen LogP contribution >= 0.6 is 23.2 Å². The van der Waals surface area contributed by atoms with E-state index in [-0.39, 0.29) is 41.4 Å². The summed E-state index contributed by atoms with van der Waals surface area (Å²) in [6.07, 6.45) is -4.78. The van der Waals surface area contributed by atoms with E-state index in [4.69, 9.17) is 23.2 Å². The number of piperidine rings is 1. The summed E-state index contributed by atoms with van der Waals surface area (Å²) in [5, 5.41) is 23.9. The molecule has 2 saturated heterocycles. The van der Waals surface area contributed by atoms with E-state index in [0.29, 0.717) is 5.02 Å². The van der Waals surface area contributed by atoms with E-state index in [1.54, 1.807) is 4.90 Å². The first-order valence-corrected chi connectivity index (χ1v) is 13.1. The van der Waals surface area contributed by atoms with Crippen LogP contribution in [0.25, 0.3) is 0 Å². The van der Waals surface area contributed by atoms with Crippen LogP contribution < -0.4 is 15.0 Å². The summed E-state index contributed by atoms with van der Waals surface area (Å²) in [6, 6.07) is 9.82. The number of aliphatic hydroxyl groups is 1. The SMILES string of the molecule is O=C(O)Cc1cc(Cl)c(OC(=O)C(F)(F)F)cc1N1C[C@H](NC2CCN(Cc3ccc(Cl)cc3)CC2)[C@@H](O)C1. The molecule has 0 unspecified atom stereocenters. The standard InChI is InChI=1S/C26H28Cl2F3N3O5/c27-17-3-1-15(2-4-17)12-33-7-5-18(6-8-33)32-20-13-34(14-22(20)35)21-11-23(39-25(38)26(29,30)31)19(28)9-16(21)10-24(36)37/h1-4,9,11,18,20,22,32,35H,5-8,10,12-14H2,(H,36,37)/t20-,22-/m0/s1. The average Bonchev–Trinajstić information content (AvgIpc) is 3.22. The van der Waals surface area contributed by atoms with Gasteiger partial charge in [0.25, 0.3) is 0 Å². The summed E-state index contributed by atoms with van der Waals surface area (Å²) in [4.78, 5) is 26.8. The van der Waals surface area contributed by atoms with Gasteiger partial charge in [-0.25, -0.2) is 4.79 Å². The molecule has 0 aliphatic carbocycles. The Morgan fingerprint density at radius 2 is 1.74 bits per heavy atom. The Balaban J connectivity index is 1.40. The molecule has 2 aliphatic heterocycles. The normalized spacial score (nSPS) is 20.8. The Morgan fingerprint density at radius 1 is 1.08 bits per heavy atom. The second kappa shape index (κ2) is 12.3. The minimum atomic E-state index is -5.23. The van der Waals surface area contributed by atoms with Crippen LogP contribution in [0.2, 0.25) is 10.0 Å². The second-order valence-corrected chi connectivity index (χ2v) is 10.6. The molecule has 212 valence electrons. The van der Waals surface area contributed by atoms with Crippen LogP contribution in [0.5, 0.6) is 5.75 Å². The Labute approximate surface area is 233 Å². The molecule has 2 heterocycles. The number of rotatable bonds is 8. The number of benzene rings is 2. The number of carbonyl (C=O) groups is 2. The number of carboxylic acids is 1. The molecule has 2 fully saturated rings. The third kappa shape index (κ3) is 7.76. The van der Waals surface area contributed by atoms with Crippen molar-refractivity contribution in [1.82, 2.24) is 10.2 Å². The Morgan fingerprint density at radius 3 is 2.36 bits per heavy atom. The molecule has 2 aromatic carbocycles. The van der Waals surface area contributed by atoms with Crippen LogP contribution in [-0.4, -0.2) is 77.6 Å². The molecule has 8 nitrogen and oxygen atoms in total. The lowest BCUT2D eigenvalue weighted by molar-refractivity contribution is -0.189. The quantitative estimate of drug-likeness (QED) is 0.315. The highest BCUT2D eigenvalue weighted by Gasteiger charge is 2.42. The van der Waals surface area contributed by atoms with Crippen LogP contribution in [0, 0.1) is 0 Å². The lowest BCUT2D eigenvalue weighted by atomic mass is 10.0. The lowest BCUT2D eigenvalue weighted by Crippen LogP contribution is -2.49. The van der Waals surface area contributed by atoms with Gasteiger partial charge >= 0.3 is 18.1 Å². The predicted octanol–water partition coefficient (Wildman–Crippen LogP) is 3.89. The first-order valence-electron chi connectivity index (χ1n) is 12.4. The zero-order valence-electron chi connectivity index (χ0n) is 20.8. The third-order valence-corrected chi connectivity index (χ3v) is 7.44. The number of esters is 1.